The second-order valence-corrected chi connectivity index (χ2v) is 5.50. The highest BCUT2D eigenvalue weighted by Gasteiger charge is 2.07. The van der Waals surface area contributed by atoms with Crippen LogP contribution >= 0.6 is 0 Å². The van der Waals surface area contributed by atoms with Crippen molar-refractivity contribution in [3.05, 3.63) is 65.2 Å². The van der Waals surface area contributed by atoms with Crippen molar-refractivity contribution >= 4 is 5.69 Å². The van der Waals surface area contributed by atoms with Gasteiger partial charge in [0.25, 0.3) is 0 Å². The molecule has 0 radical (unpaired) electrons. The molecule has 1 atom stereocenters. The molecule has 112 valence electrons. The molecule has 2 aromatic carbocycles. The van der Waals surface area contributed by atoms with Gasteiger partial charge in [-0.05, 0) is 43.0 Å². The molecule has 0 aliphatic rings. The Morgan fingerprint density at radius 2 is 1.67 bits per heavy atom. The van der Waals surface area contributed by atoms with Gasteiger partial charge in [-0.25, -0.2) is 0 Å². The molecule has 0 saturated heterocycles. The summed E-state index contributed by atoms with van der Waals surface area (Å²) in [6, 6.07) is 17.5. The minimum Gasteiger partial charge on any atom is -0.384 e. The van der Waals surface area contributed by atoms with Crippen molar-refractivity contribution in [2.75, 3.05) is 18.4 Å². The Balaban J connectivity index is 1.82. The Labute approximate surface area is 128 Å². The molecule has 0 aliphatic heterocycles. The SMILES string of the molecule is CCC(NCCNc1cccc(C)c1C)c1ccccc1. The molecule has 0 saturated carbocycles. The van der Waals surface area contributed by atoms with Gasteiger partial charge in [0.05, 0.1) is 0 Å². The van der Waals surface area contributed by atoms with Crippen LogP contribution in [0.15, 0.2) is 48.5 Å². The molecule has 2 nitrogen and oxygen atoms in total. The first-order valence-electron chi connectivity index (χ1n) is 7.80. The Hall–Kier alpha value is -1.80. The van der Waals surface area contributed by atoms with E-state index < -0.39 is 0 Å². The maximum absolute atomic E-state index is 3.63. The minimum atomic E-state index is 0.437. The summed E-state index contributed by atoms with van der Waals surface area (Å²) in [6.07, 6.45) is 1.10. The van der Waals surface area contributed by atoms with Crippen molar-refractivity contribution in [1.82, 2.24) is 5.32 Å². The van der Waals surface area contributed by atoms with E-state index in [0.717, 1.165) is 19.5 Å². The van der Waals surface area contributed by atoms with Crippen LogP contribution in [0.25, 0.3) is 0 Å². The van der Waals surface area contributed by atoms with Gasteiger partial charge in [0.15, 0.2) is 0 Å². The van der Waals surface area contributed by atoms with Crippen molar-refractivity contribution in [2.45, 2.75) is 33.2 Å². The van der Waals surface area contributed by atoms with Gasteiger partial charge in [-0.1, -0.05) is 49.4 Å². The quantitative estimate of drug-likeness (QED) is 0.733. The van der Waals surface area contributed by atoms with Crippen LogP contribution in [0.4, 0.5) is 5.69 Å². The number of anilines is 1. The number of aryl methyl sites for hydroxylation is 1. The highest BCUT2D eigenvalue weighted by atomic mass is 15.0. The third-order valence-electron chi connectivity index (χ3n) is 4.05. The zero-order valence-electron chi connectivity index (χ0n) is 13.3. The van der Waals surface area contributed by atoms with Gasteiger partial charge in [-0.15, -0.1) is 0 Å². The lowest BCUT2D eigenvalue weighted by atomic mass is 10.0. The molecular formula is C19H26N2. The van der Waals surface area contributed by atoms with Crippen LogP contribution in [-0.4, -0.2) is 13.1 Å². The van der Waals surface area contributed by atoms with Gasteiger partial charge in [-0.2, -0.15) is 0 Å². The van der Waals surface area contributed by atoms with E-state index in [0.29, 0.717) is 6.04 Å². The zero-order chi connectivity index (χ0) is 15.1. The molecule has 2 heteroatoms. The molecule has 0 amide bonds. The normalized spacial score (nSPS) is 12.1. The average molecular weight is 282 g/mol. The van der Waals surface area contributed by atoms with Gasteiger partial charge in [0.1, 0.15) is 0 Å². The number of benzene rings is 2. The first-order chi connectivity index (χ1) is 10.2. The van der Waals surface area contributed by atoms with Crippen LogP contribution in [0.1, 0.15) is 36.1 Å². The fourth-order valence-corrected chi connectivity index (χ4v) is 2.57. The lowest BCUT2D eigenvalue weighted by molar-refractivity contribution is 0.531. The van der Waals surface area contributed by atoms with Crippen LogP contribution in [0.2, 0.25) is 0 Å². The number of hydrogen-bond donors (Lipinski definition) is 2. The van der Waals surface area contributed by atoms with Crippen LogP contribution in [0, 0.1) is 13.8 Å². The van der Waals surface area contributed by atoms with Gasteiger partial charge < -0.3 is 10.6 Å². The van der Waals surface area contributed by atoms with Crippen molar-refractivity contribution in [1.29, 1.82) is 0 Å². The fraction of sp³-hybridized carbons (Fsp3) is 0.368. The summed E-state index contributed by atoms with van der Waals surface area (Å²) < 4.78 is 0. The number of rotatable bonds is 7. The first kappa shape index (κ1) is 15.6. The Morgan fingerprint density at radius 3 is 2.38 bits per heavy atom. The molecule has 1 unspecified atom stereocenters. The van der Waals surface area contributed by atoms with Crippen molar-refractivity contribution in [3.63, 3.8) is 0 Å². The molecule has 21 heavy (non-hydrogen) atoms. The highest BCUT2D eigenvalue weighted by molar-refractivity contribution is 5.53. The monoisotopic (exact) mass is 282 g/mol. The molecule has 0 aromatic heterocycles. The average Bonchev–Trinajstić information content (AvgIpc) is 2.52. The second kappa shape index (κ2) is 7.84. The predicted molar refractivity (Wildman–Crippen MR) is 91.9 cm³/mol. The summed E-state index contributed by atoms with van der Waals surface area (Å²) in [4.78, 5) is 0. The number of hydrogen-bond acceptors (Lipinski definition) is 2. The van der Waals surface area contributed by atoms with E-state index in [-0.39, 0.29) is 0 Å². The van der Waals surface area contributed by atoms with Crippen molar-refractivity contribution < 1.29 is 0 Å². The smallest absolute Gasteiger partial charge is 0.0372 e. The summed E-state index contributed by atoms with van der Waals surface area (Å²) in [5.41, 5.74) is 5.28. The Kier molecular flexibility index (Phi) is 5.82. The summed E-state index contributed by atoms with van der Waals surface area (Å²) in [7, 11) is 0. The highest BCUT2D eigenvalue weighted by Crippen LogP contribution is 2.18. The maximum Gasteiger partial charge on any atom is 0.0372 e. The molecule has 0 bridgehead atoms. The summed E-state index contributed by atoms with van der Waals surface area (Å²) in [5.74, 6) is 0. The summed E-state index contributed by atoms with van der Waals surface area (Å²) in [5, 5.41) is 7.15. The van der Waals surface area contributed by atoms with Crippen LogP contribution in [0.3, 0.4) is 0 Å². The maximum atomic E-state index is 3.63. The molecule has 0 heterocycles. The molecule has 0 aliphatic carbocycles. The Bertz CT molecular complexity index is 549. The van der Waals surface area contributed by atoms with Gasteiger partial charge in [0, 0.05) is 24.8 Å². The fourth-order valence-electron chi connectivity index (χ4n) is 2.57. The molecular weight excluding hydrogens is 256 g/mol. The zero-order valence-corrected chi connectivity index (χ0v) is 13.3. The van der Waals surface area contributed by atoms with Gasteiger partial charge in [-0.3, -0.25) is 0 Å². The van der Waals surface area contributed by atoms with Gasteiger partial charge in [0.2, 0.25) is 0 Å². The van der Waals surface area contributed by atoms with E-state index in [2.05, 4.69) is 79.9 Å². The van der Waals surface area contributed by atoms with E-state index >= 15 is 0 Å². The van der Waals surface area contributed by atoms with E-state index in [1.54, 1.807) is 0 Å². The molecule has 2 aromatic rings. The third-order valence-corrected chi connectivity index (χ3v) is 4.05. The Morgan fingerprint density at radius 1 is 0.905 bits per heavy atom. The lowest BCUT2D eigenvalue weighted by Gasteiger charge is -2.18. The molecule has 0 spiro atoms. The van der Waals surface area contributed by atoms with Crippen LogP contribution in [-0.2, 0) is 0 Å². The van der Waals surface area contributed by atoms with Crippen molar-refractivity contribution in [3.8, 4) is 0 Å². The van der Waals surface area contributed by atoms with E-state index in [1.165, 1.54) is 22.4 Å². The largest absolute Gasteiger partial charge is 0.384 e. The second-order valence-electron chi connectivity index (χ2n) is 5.50. The van der Waals surface area contributed by atoms with E-state index in [1.807, 2.05) is 0 Å². The topological polar surface area (TPSA) is 24.1 Å². The lowest BCUT2D eigenvalue weighted by Crippen LogP contribution is -2.26. The summed E-state index contributed by atoms with van der Waals surface area (Å²) in [6.45, 7) is 8.45. The summed E-state index contributed by atoms with van der Waals surface area (Å²) >= 11 is 0. The molecule has 2 N–H and O–H groups in total. The van der Waals surface area contributed by atoms with E-state index in [4.69, 9.17) is 0 Å². The first-order valence-corrected chi connectivity index (χ1v) is 7.80. The molecule has 2 rings (SSSR count). The molecule has 0 fully saturated rings. The number of nitrogens with one attached hydrogen (secondary N) is 2. The van der Waals surface area contributed by atoms with Crippen LogP contribution in [0.5, 0.6) is 0 Å². The van der Waals surface area contributed by atoms with Crippen molar-refractivity contribution in [2.24, 2.45) is 0 Å². The predicted octanol–water partition coefficient (Wildman–Crippen LogP) is 4.46. The standard InChI is InChI=1S/C19H26N2/c1-4-18(17-10-6-5-7-11-17)20-13-14-21-19-12-8-9-15(2)16(19)3/h5-12,18,20-21H,4,13-14H2,1-3H3. The third kappa shape index (κ3) is 4.33. The van der Waals surface area contributed by atoms with Crippen LogP contribution < -0.4 is 10.6 Å². The van der Waals surface area contributed by atoms with Gasteiger partial charge >= 0.3 is 0 Å². The minimum absolute atomic E-state index is 0.437. The van der Waals surface area contributed by atoms with E-state index in [9.17, 15) is 0 Å².